The van der Waals surface area contributed by atoms with E-state index in [1.54, 1.807) is 18.3 Å². The molecule has 0 spiro atoms. The summed E-state index contributed by atoms with van der Waals surface area (Å²) >= 11 is 0. The number of anilines is 1. The predicted molar refractivity (Wildman–Crippen MR) is 142 cm³/mol. The molecule has 0 amide bonds. The van der Waals surface area contributed by atoms with Crippen LogP contribution in [0.1, 0.15) is 12.5 Å². The van der Waals surface area contributed by atoms with Gasteiger partial charge in [0.2, 0.25) is 0 Å². The number of aliphatic imine (C=N–C) groups is 2. The molecule has 37 heavy (non-hydrogen) atoms. The van der Waals surface area contributed by atoms with Crippen molar-refractivity contribution < 1.29 is 13.9 Å². The van der Waals surface area contributed by atoms with Crippen molar-refractivity contribution in [3.8, 4) is 11.1 Å². The zero-order valence-corrected chi connectivity index (χ0v) is 20.3. The highest BCUT2D eigenvalue weighted by Gasteiger charge is 2.40. The molecule has 8 heteroatoms. The molecular weight excluding hydrogens is 469 g/mol. The van der Waals surface area contributed by atoms with Gasteiger partial charge in [0.05, 0.1) is 17.8 Å². The Balaban J connectivity index is 1.42. The highest BCUT2D eigenvalue weighted by atomic mass is 19.1. The van der Waals surface area contributed by atoms with E-state index in [1.165, 1.54) is 13.2 Å². The molecule has 0 fully saturated rings. The van der Waals surface area contributed by atoms with Gasteiger partial charge in [-0.25, -0.2) is 9.38 Å². The Hall–Kier alpha value is -4.43. The molecular formula is C29H24FN5O2. The summed E-state index contributed by atoms with van der Waals surface area (Å²) in [7, 11) is 1.52. The molecule has 0 saturated heterocycles. The number of hydrogen-bond donors (Lipinski definition) is 2. The number of nitrogens with zero attached hydrogens (tertiary/aromatic N) is 3. The highest BCUT2D eigenvalue weighted by Crippen LogP contribution is 2.33. The maximum absolute atomic E-state index is 15.2. The van der Waals surface area contributed by atoms with Gasteiger partial charge < -0.3 is 10.1 Å². The molecule has 2 N–H and O–H groups in total. The number of rotatable bonds is 4. The molecule has 1 aliphatic carbocycles. The molecule has 1 aliphatic heterocycles. The molecule has 0 saturated carbocycles. The van der Waals surface area contributed by atoms with Crippen molar-refractivity contribution in [1.82, 2.24) is 10.2 Å². The van der Waals surface area contributed by atoms with E-state index in [4.69, 9.17) is 14.7 Å². The van der Waals surface area contributed by atoms with Crippen LogP contribution in [0.15, 0.2) is 94.6 Å². The van der Waals surface area contributed by atoms with Crippen molar-refractivity contribution in [2.24, 2.45) is 15.9 Å². The lowest BCUT2D eigenvalue weighted by Crippen LogP contribution is -2.45. The molecule has 7 nitrogen and oxygen atoms in total. The zero-order chi connectivity index (χ0) is 25.5. The number of halogens is 1. The number of nitrogens with one attached hydrogen (secondary N) is 2. The molecule has 1 aromatic heterocycles. The minimum atomic E-state index is -0.613. The number of hydrogen-bond acceptors (Lipinski definition) is 6. The van der Waals surface area contributed by atoms with Crippen LogP contribution in [0.5, 0.6) is 0 Å². The maximum atomic E-state index is 15.2. The van der Waals surface area contributed by atoms with Crippen LogP contribution in [0.3, 0.4) is 0 Å². The van der Waals surface area contributed by atoms with Crippen molar-refractivity contribution in [2.75, 3.05) is 12.4 Å². The number of H-pyrrole nitrogens is 1. The van der Waals surface area contributed by atoms with Gasteiger partial charge in [-0.1, -0.05) is 49.4 Å². The number of methoxy groups -OCH3 is 1. The zero-order valence-electron chi connectivity index (χ0n) is 20.3. The standard InChI is InChI=1S/C29H24FN5O2/c1-16-26-22(14-25(36)27(16)37-2)29(32-20-9-11-24-19(12-20)15-31-35-24)34-28(33-26)18-8-10-21(23(30)13-18)17-6-4-3-5-7-17/h3-16,26-27H,1-2H3,(H,31,35)(H,32,33,34). The number of ether oxygens (including phenoxy) is 1. The van der Waals surface area contributed by atoms with Gasteiger partial charge in [-0.3, -0.25) is 14.9 Å². The lowest BCUT2D eigenvalue weighted by atomic mass is 9.81. The summed E-state index contributed by atoms with van der Waals surface area (Å²) in [6.45, 7) is 1.93. The maximum Gasteiger partial charge on any atom is 0.185 e. The van der Waals surface area contributed by atoms with Crippen molar-refractivity contribution >= 4 is 34.0 Å². The molecule has 3 atom stereocenters. The Morgan fingerprint density at radius 1 is 1.03 bits per heavy atom. The first-order valence-corrected chi connectivity index (χ1v) is 12.0. The fraction of sp³-hybridized carbons (Fsp3) is 0.172. The number of benzene rings is 3. The van der Waals surface area contributed by atoms with Gasteiger partial charge in [-0.15, -0.1) is 0 Å². The third-order valence-electron chi connectivity index (χ3n) is 6.89. The largest absolute Gasteiger partial charge is 0.373 e. The number of carbonyl (C=O) groups excluding carboxylic acids is 1. The van der Waals surface area contributed by atoms with Crippen LogP contribution in [0.2, 0.25) is 0 Å². The SMILES string of the molecule is COC1C(=O)C=C2C(Nc3ccc4[nH]ncc4c3)=NC(c3ccc(-c4ccccc4)c(F)c3)=NC2C1C. The lowest BCUT2D eigenvalue weighted by Gasteiger charge is -2.35. The minimum Gasteiger partial charge on any atom is -0.373 e. The number of carbonyl (C=O) groups is 1. The Bertz CT molecular complexity index is 1610. The van der Waals surface area contributed by atoms with E-state index in [9.17, 15) is 4.79 Å². The van der Waals surface area contributed by atoms with E-state index in [1.807, 2.05) is 61.5 Å². The molecule has 3 unspecified atom stereocenters. The van der Waals surface area contributed by atoms with E-state index in [-0.39, 0.29) is 23.6 Å². The summed E-state index contributed by atoms with van der Waals surface area (Å²) in [4.78, 5) is 22.4. The fourth-order valence-electron chi connectivity index (χ4n) is 4.99. The van der Waals surface area contributed by atoms with E-state index >= 15 is 4.39 Å². The van der Waals surface area contributed by atoms with E-state index in [0.29, 0.717) is 28.4 Å². The molecule has 0 radical (unpaired) electrons. The van der Waals surface area contributed by atoms with Crippen LogP contribution in [0, 0.1) is 11.7 Å². The second-order valence-corrected chi connectivity index (χ2v) is 9.23. The third kappa shape index (κ3) is 4.15. The number of aromatic nitrogens is 2. The summed E-state index contributed by atoms with van der Waals surface area (Å²) in [5.41, 5.74) is 4.24. The summed E-state index contributed by atoms with van der Waals surface area (Å²) < 4.78 is 20.7. The van der Waals surface area contributed by atoms with Crippen LogP contribution < -0.4 is 5.32 Å². The number of ketones is 1. The van der Waals surface area contributed by atoms with Gasteiger partial charge in [0, 0.05) is 40.8 Å². The average molecular weight is 494 g/mol. The number of fused-ring (bicyclic) bond motifs is 2. The summed E-state index contributed by atoms with van der Waals surface area (Å²) in [6, 6.07) is 19.8. The molecule has 3 aromatic carbocycles. The van der Waals surface area contributed by atoms with Gasteiger partial charge >= 0.3 is 0 Å². The van der Waals surface area contributed by atoms with Gasteiger partial charge in [0.1, 0.15) is 17.8 Å². The molecule has 0 bridgehead atoms. The van der Waals surface area contributed by atoms with Gasteiger partial charge in [0.25, 0.3) is 0 Å². The molecule has 184 valence electrons. The first kappa shape index (κ1) is 23.0. The van der Waals surface area contributed by atoms with Crippen LogP contribution in [-0.4, -0.2) is 46.9 Å². The normalized spacial score (nSPS) is 21.2. The lowest BCUT2D eigenvalue weighted by molar-refractivity contribution is -0.127. The van der Waals surface area contributed by atoms with Crippen LogP contribution in [-0.2, 0) is 9.53 Å². The number of aromatic amines is 1. The quantitative estimate of drug-likeness (QED) is 0.410. The Morgan fingerprint density at radius 2 is 1.86 bits per heavy atom. The predicted octanol–water partition coefficient (Wildman–Crippen LogP) is 5.17. The van der Waals surface area contributed by atoms with Crippen LogP contribution in [0.25, 0.3) is 22.0 Å². The average Bonchev–Trinajstić information content (AvgIpc) is 3.38. The fourth-order valence-corrected chi connectivity index (χ4v) is 4.99. The smallest absolute Gasteiger partial charge is 0.185 e. The van der Waals surface area contributed by atoms with E-state index < -0.39 is 6.10 Å². The van der Waals surface area contributed by atoms with Crippen LogP contribution in [0.4, 0.5) is 10.1 Å². The summed E-state index contributed by atoms with van der Waals surface area (Å²) in [6.07, 6.45) is 2.68. The second-order valence-electron chi connectivity index (χ2n) is 9.23. The van der Waals surface area contributed by atoms with Gasteiger partial charge in [-0.2, -0.15) is 5.10 Å². The van der Waals surface area contributed by atoms with Gasteiger partial charge in [0.15, 0.2) is 11.6 Å². The molecule has 2 heterocycles. The highest BCUT2D eigenvalue weighted by molar-refractivity contribution is 6.21. The number of amidine groups is 2. The molecule has 2 aliphatic rings. The second kappa shape index (κ2) is 9.22. The van der Waals surface area contributed by atoms with Crippen LogP contribution >= 0.6 is 0 Å². The Morgan fingerprint density at radius 3 is 2.65 bits per heavy atom. The summed E-state index contributed by atoms with van der Waals surface area (Å²) in [5.74, 6) is 0.177. The Kier molecular flexibility index (Phi) is 5.73. The Labute approximate surface area is 212 Å². The van der Waals surface area contributed by atoms with Crippen molar-refractivity contribution in [3.05, 3.63) is 96.0 Å². The third-order valence-corrected chi connectivity index (χ3v) is 6.89. The molecule has 6 rings (SSSR count). The van der Waals surface area contributed by atoms with Crippen molar-refractivity contribution in [3.63, 3.8) is 0 Å². The van der Waals surface area contributed by atoms with Gasteiger partial charge in [-0.05, 0) is 35.9 Å². The topological polar surface area (TPSA) is 91.7 Å². The molecule has 4 aromatic rings. The summed E-state index contributed by atoms with van der Waals surface area (Å²) in [5, 5.41) is 11.3. The van der Waals surface area contributed by atoms with Crippen molar-refractivity contribution in [1.29, 1.82) is 0 Å². The van der Waals surface area contributed by atoms with Crippen molar-refractivity contribution in [2.45, 2.75) is 19.1 Å². The van der Waals surface area contributed by atoms with E-state index in [0.717, 1.165) is 22.2 Å². The minimum absolute atomic E-state index is 0.127. The van der Waals surface area contributed by atoms with E-state index in [2.05, 4.69) is 15.5 Å². The monoisotopic (exact) mass is 493 g/mol. The first-order valence-electron chi connectivity index (χ1n) is 12.0. The first-order chi connectivity index (χ1) is 18.0.